The number of halogens is 2. The summed E-state index contributed by atoms with van der Waals surface area (Å²) in [4.78, 5) is 29.5. The van der Waals surface area contributed by atoms with Crippen LogP contribution in [0.3, 0.4) is 0 Å². The Hall–Kier alpha value is -1.63. The molecule has 118 valence electrons. The molecule has 3 heterocycles. The van der Waals surface area contributed by atoms with Crippen LogP contribution in [0.25, 0.3) is 5.65 Å². The minimum Gasteiger partial charge on any atom is -0.480 e. The van der Waals surface area contributed by atoms with E-state index in [1.807, 2.05) is 4.90 Å². The van der Waals surface area contributed by atoms with E-state index >= 15 is 0 Å². The number of carboxylic acids is 1. The normalized spacial score (nSPS) is 18.3. The first kappa shape index (κ1) is 16.7. The average Bonchev–Trinajstić information content (AvgIpc) is 2.88. The smallest absolute Gasteiger partial charge is 0.320 e. The lowest BCUT2D eigenvalue weighted by Gasteiger charge is -2.20. The lowest BCUT2D eigenvalue weighted by atomic mass is 10.2. The van der Waals surface area contributed by atoms with Gasteiger partial charge in [0.15, 0.2) is 0 Å². The third-order valence-corrected chi connectivity index (χ3v) is 3.91. The Morgan fingerprint density at radius 3 is 2.95 bits per heavy atom. The molecule has 1 aliphatic rings. The molecular formula is C14H15Cl2N3O3. The van der Waals surface area contributed by atoms with Crippen molar-refractivity contribution in [1.29, 1.82) is 0 Å². The molecule has 1 atom stereocenters. The molecule has 0 saturated carbocycles. The van der Waals surface area contributed by atoms with Crippen LogP contribution in [0.5, 0.6) is 0 Å². The van der Waals surface area contributed by atoms with Crippen LogP contribution in [0.15, 0.2) is 29.2 Å². The highest BCUT2D eigenvalue weighted by Crippen LogP contribution is 2.19. The molecule has 0 unspecified atom stereocenters. The van der Waals surface area contributed by atoms with E-state index < -0.39 is 12.0 Å². The molecule has 22 heavy (non-hydrogen) atoms. The van der Waals surface area contributed by atoms with E-state index in [-0.39, 0.29) is 18.0 Å². The summed E-state index contributed by atoms with van der Waals surface area (Å²) in [6, 6.07) is 4.28. The van der Waals surface area contributed by atoms with Crippen LogP contribution in [0, 0.1) is 0 Å². The minimum absolute atomic E-state index is 0. The summed E-state index contributed by atoms with van der Waals surface area (Å²) in [5.74, 6) is -0.822. The molecule has 3 rings (SSSR count). The molecule has 0 aromatic carbocycles. The Labute approximate surface area is 137 Å². The van der Waals surface area contributed by atoms with Crippen molar-refractivity contribution in [3.63, 3.8) is 0 Å². The highest BCUT2D eigenvalue weighted by Gasteiger charge is 2.30. The third kappa shape index (κ3) is 3.24. The van der Waals surface area contributed by atoms with Crippen molar-refractivity contribution in [2.75, 3.05) is 6.54 Å². The van der Waals surface area contributed by atoms with Gasteiger partial charge in [0.2, 0.25) is 0 Å². The molecule has 0 radical (unpaired) electrons. The monoisotopic (exact) mass is 343 g/mol. The van der Waals surface area contributed by atoms with Crippen molar-refractivity contribution in [2.45, 2.75) is 25.4 Å². The van der Waals surface area contributed by atoms with Crippen LogP contribution in [-0.2, 0) is 11.3 Å². The second-order valence-electron chi connectivity index (χ2n) is 5.13. The zero-order valence-corrected chi connectivity index (χ0v) is 13.2. The molecular weight excluding hydrogens is 329 g/mol. The maximum absolute atomic E-state index is 12.1. The Balaban J connectivity index is 0.00000176. The first-order valence-electron chi connectivity index (χ1n) is 6.69. The predicted octanol–water partition coefficient (Wildman–Crippen LogP) is 1.82. The number of pyridine rings is 1. The van der Waals surface area contributed by atoms with E-state index in [2.05, 4.69) is 4.98 Å². The quantitative estimate of drug-likeness (QED) is 0.919. The van der Waals surface area contributed by atoms with Crippen LogP contribution in [-0.4, -0.2) is 37.9 Å². The van der Waals surface area contributed by atoms with E-state index in [0.29, 0.717) is 35.9 Å². The zero-order chi connectivity index (χ0) is 15.0. The zero-order valence-electron chi connectivity index (χ0n) is 11.6. The molecule has 1 aliphatic heterocycles. The van der Waals surface area contributed by atoms with E-state index in [1.54, 1.807) is 12.1 Å². The molecule has 1 N–H and O–H groups in total. The molecule has 6 nitrogen and oxygen atoms in total. The van der Waals surface area contributed by atoms with Gasteiger partial charge in [-0.1, -0.05) is 11.6 Å². The number of aromatic nitrogens is 2. The number of rotatable bonds is 3. The number of hydrogen-bond donors (Lipinski definition) is 1. The predicted molar refractivity (Wildman–Crippen MR) is 84.8 cm³/mol. The molecule has 2 aromatic rings. The molecule has 0 aliphatic carbocycles. The van der Waals surface area contributed by atoms with Gasteiger partial charge in [0.05, 0.1) is 10.7 Å². The van der Waals surface area contributed by atoms with Gasteiger partial charge >= 0.3 is 5.97 Å². The lowest BCUT2D eigenvalue weighted by molar-refractivity contribution is -0.142. The summed E-state index contributed by atoms with van der Waals surface area (Å²) in [7, 11) is 0. The minimum atomic E-state index is -0.822. The second kappa shape index (κ2) is 6.64. The molecule has 8 heteroatoms. The number of hydrogen-bond acceptors (Lipinski definition) is 4. The Kier molecular flexibility index (Phi) is 5.05. The molecule has 1 fully saturated rings. The van der Waals surface area contributed by atoms with Gasteiger partial charge in [0.1, 0.15) is 11.7 Å². The van der Waals surface area contributed by atoms with E-state index in [9.17, 15) is 14.7 Å². The van der Waals surface area contributed by atoms with Gasteiger partial charge in [0, 0.05) is 18.8 Å². The average molecular weight is 344 g/mol. The molecule has 0 bridgehead atoms. The fourth-order valence-corrected chi connectivity index (χ4v) is 2.87. The van der Waals surface area contributed by atoms with Crippen molar-refractivity contribution in [2.24, 2.45) is 0 Å². The Bertz CT molecular complexity index is 763. The lowest BCUT2D eigenvalue weighted by Crippen LogP contribution is -2.36. The highest BCUT2D eigenvalue weighted by molar-refractivity contribution is 6.30. The number of likely N-dealkylation sites (tertiary alicyclic amines) is 1. The molecule has 0 spiro atoms. The Morgan fingerprint density at radius 2 is 2.23 bits per heavy atom. The van der Waals surface area contributed by atoms with Gasteiger partial charge in [0.25, 0.3) is 5.56 Å². The number of carbonyl (C=O) groups is 1. The topological polar surface area (TPSA) is 74.9 Å². The van der Waals surface area contributed by atoms with Gasteiger partial charge in [-0.15, -0.1) is 12.4 Å². The maximum atomic E-state index is 12.1. The summed E-state index contributed by atoms with van der Waals surface area (Å²) < 4.78 is 1.38. The van der Waals surface area contributed by atoms with E-state index in [0.717, 1.165) is 6.42 Å². The number of nitrogens with zero attached hydrogens (tertiary/aromatic N) is 3. The fourth-order valence-electron chi connectivity index (χ4n) is 2.71. The van der Waals surface area contributed by atoms with Gasteiger partial charge in [-0.3, -0.25) is 18.9 Å². The van der Waals surface area contributed by atoms with Gasteiger partial charge in [-0.2, -0.15) is 0 Å². The third-order valence-electron chi connectivity index (χ3n) is 3.69. The van der Waals surface area contributed by atoms with Crippen molar-refractivity contribution in [3.8, 4) is 0 Å². The highest BCUT2D eigenvalue weighted by atomic mass is 35.5. The molecule has 0 amide bonds. The van der Waals surface area contributed by atoms with E-state index in [4.69, 9.17) is 11.6 Å². The van der Waals surface area contributed by atoms with Gasteiger partial charge < -0.3 is 5.11 Å². The van der Waals surface area contributed by atoms with Crippen molar-refractivity contribution >= 4 is 35.6 Å². The van der Waals surface area contributed by atoms with Crippen LogP contribution >= 0.6 is 24.0 Å². The standard InChI is InChI=1S/C14H14ClN3O3.ClH/c15-9-3-4-12-16-10(6-13(19)18(12)7-9)8-17-5-1-2-11(17)14(20)21;/h3-4,6-7,11H,1-2,5,8H2,(H,20,21);1H/t11-;/m0./s1. The van der Waals surface area contributed by atoms with Crippen molar-refractivity contribution < 1.29 is 9.90 Å². The number of aliphatic carboxylic acids is 1. The summed E-state index contributed by atoms with van der Waals surface area (Å²) >= 11 is 5.86. The number of carboxylic acid groups (broad SMARTS) is 1. The van der Waals surface area contributed by atoms with Crippen LogP contribution in [0.2, 0.25) is 5.02 Å². The van der Waals surface area contributed by atoms with Gasteiger partial charge in [-0.05, 0) is 31.5 Å². The fraction of sp³-hybridized carbons (Fsp3) is 0.357. The molecule has 2 aromatic heterocycles. The SMILES string of the molecule is Cl.O=C(O)[C@@H]1CCCN1Cc1cc(=O)n2cc(Cl)ccc2n1. The summed E-state index contributed by atoms with van der Waals surface area (Å²) in [6.07, 6.45) is 3.00. The van der Waals surface area contributed by atoms with Crippen LogP contribution in [0.1, 0.15) is 18.5 Å². The van der Waals surface area contributed by atoms with Crippen LogP contribution < -0.4 is 5.56 Å². The summed E-state index contributed by atoms with van der Waals surface area (Å²) in [5.41, 5.74) is 0.868. The summed E-state index contributed by atoms with van der Waals surface area (Å²) in [6.45, 7) is 1.07. The Morgan fingerprint density at radius 1 is 1.45 bits per heavy atom. The van der Waals surface area contributed by atoms with E-state index in [1.165, 1.54) is 16.7 Å². The first-order valence-corrected chi connectivity index (χ1v) is 7.07. The van der Waals surface area contributed by atoms with Crippen LogP contribution in [0.4, 0.5) is 0 Å². The largest absolute Gasteiger partial charge is 0.480 e. The first-order chi connectivity index (χ1) is 10.0. The maximum Gasteiger partial charge on any atom is 0.320 e. The molecule has 1 saturated heterocycles. The van der Waals surface area contributed by atoms with Crippen molar-refractivity contribution in [1.82, 2.24) is 14.3 Å². The number of fused-ring (bicyclic) bond motifs is 1. The second-order valence-corrected chi connectivity index (χ2v) is 5.56. The van der Waals surface area contributed by atoms with Crippen molar-refractivity contribution in [3.05, 3.63) is 45.5 Å². The van der Waals surface area contributed by atoms with Gasteiger partial charge in [-0.25, -0.2) is 4.98 Å². The summed E-state index contributed by atoms with van der Waals surface area (Å²) in [5, 5.41) is 9.64.